The molecule has 74 heavy (non-hydrogen) atoms. The summed E-state index contributed by atoms with van der Waals surface area (Å²) in [4.78, 5) is 20.1. The fourth-order valence-corrected chi connectivity index (χ4v) is 11.6. The molecule has 2 N–H and O–H groups in total. The molecule has 8 bridgehead atoms. The minimum atomic E-state index is -0.447. The third kappa shape index (κ3) is 10.7. The van der Waals surface area contributed by atoms with Gasteiger partial charge >= 0.3 is 0 Å². The molecule has 4 aliphatic heterocycles. The quantitative estimate of drug-likeness (QED) is 0.102. The smallest absolute Gasteiger partial charge is 0.183 e. The molecule has 0 unspecified atom stereocenters. The third-order valence-electron chi connectivity index (χ3n) is 16.3. The molecule has 9 rings (SSSR count). The zero-order chi connectivity index (χ0) is 52.6. The van der Waals surface area contributed by atoms with Gasteiger partial charge in [-0.2, -0.15) is 0 Å². The van der Waals surface area contributed by atoms with Gasteiger partial charge < -0.3 is 28.9 Å². The molecule has 0 radical (unpaired) electrons. The van der Waals surface area contributed by atoms with Crippen LogP contribution in [0, 0.1) is 38.5 Å². The number of hydrogen-bond acceptors (Lipinski definition) is 6. The van der Waals surface area contributed by atoms with Crippen molar-refractivity contribution in [1.82, 2.24) is 19.9 Å². The second-order valence-electron chi connectivity index (χ2n) is 23.8. The maximum atomic E-state index is 6.48. The topological polar surface area (TPSA) is 94.3 Å². The summed E-state index contributed by atoms with van der Waals surface area (Å²) in [6.07, 6.45) is 11.6. The number of aryl methyl sites for hydroxylation is 6. The van der Waals surface area contributed by atoms with Crippen LogP contribution in [0.15, 0.2) is 48.5 Å². The lowest BCUT2D eigenvalue weighted by atomic mass is 9.89. The Morgan fingerprint density at radius 1 is 0.486 bits per heavy atom. The number of aromatic nitrogens is 4. The van der Waals surface area contributed by atoms with E-state index in [0.29, 0.717) is 26.4 Å². The Morgan fingerprint density at radius 3 is 1.23 bits per heavy atom. The molecular formula is C66H86N4O4. The van der Waals surface area contributed by atoms with E-state index in [1.165, 1.54) is 66.8 Å². The number of fused-ring (bicyclic) bond motifs is 8. The zero-order valence-electron chi connectivity index (χ0n) is 47.6. The highest BCUT2D eigenvalue weighted by Crippen LogP contribution is 2.47. The van der Waals surface area contributed by atoms with Crippen LogP contribution in [0.1, 0.15) is 213 Å². The van der Waals surface area contributed by atoms with Crippen molar-refractivity contribution in [2.75, 3.05) is 26.4 Å². The van der Waals surface area contributed by atoms with Crippen molar-refractivity contribution in [3.63, 3.8) is 0 Å². The Labute approximate surface area is 443 Å². The molecule has 5 aromatic rings. The summed E-state index contributed by atoms with van der Waals surface area (Å²) >= 11 is 0. The number of aromatic amines is 2. The van der Waals surface area contributed by atoms with Crippen LogP contribution in [0.4, 0.5) is 0 Å². The minimum absolute atomic E-state index is 0.0342. The van der Waals surface area contributed by atoms with Gasteiger partial charge in [0, 0.05) is 44.1 Å². The molecule has 0 saturated carbocycles. The van der Waals surface area contributed by atoms with Gasteiger partial charge in [0.2, 0.25) is 0 Å². The van der Waals surface area contributed by atoms with Crippen LogP contribution in [0.5, 0.6) is 0 Å². The Balaban J connectivity index is 1.45. The number of allylic oxidation sites excluding steroid dienone is 4. The molecule has 7 heterocycles. The Bertz CT molecular complexity index is 3010. The normalized spacial score (nSPS) is 17.3. The molecule has 4 aliphatic rings. The van der Waals surface area contributed by atoms with E-state index in [-0.39, 0.29) is 10.8 Å². The van der Waals surface area contributed by atoms with Gasteiger partial charge in [0.25, 0.3) is 0 Å². The van der Waals surface area contributed by atoms with Gasteiger partial charge in [0.15, 0.2) is 12.6 Å². The highest BCUT2D eigenvalue weighted by atomic mass is 16.7. The van der Waals surface area contributed by atoms with Crippen LogP contribution in [0.2, 0.25) is 0 Å². The molecule has 0 atom stereocenters. The summed E-state index contributed by atoms with van der Waals surface area (Å²) in [5.41, 5.74) is 27.9. The first-order valence-corrected chi connectivity index (χ1v) is 28.4. The van der Waals surface area contributed by atoms with E-state index in [1.54, 1.807) is 0 Å². The number of benzene rings is 2. The highest BCUT2D eigenvalue weighted by Gasteiger charge is 2.33. The van der Waals surface area contributed by atoms with Gasteiger partial charge in [-0.05, 0) is 184 Å². The Kier molecular flexibility index (Phi) is 16.1. The van der Waals surface area contributed by atoms with Gasteiger partial charge in [0.05, 0.1) is 60.2 Å². The van der Waals surface area contributed by atoms with Crippen molar-refractivity contribution in [3.8, 4) is 22.3 Å². The predicted octanol–water partition coefficient (Wildman–Crippen LogP) is 18.0. The van der Waals surface area contributed by atoms with Crippen LogP contribution in [-0.2, 0) is 31.8 Å². The standard InChI is InChI=1S/C66H86N4O4/c1-15-19-23-47-41(7)59-57(51-31-45(29-27-39(51)5)63-71-35-65(11,12)36-72-63)60-43(9)49(25-21-17-3)55(69-60)34-56-50(26-22-18-4)44(10)62(70-56)58(61-42(8)48(24-20-16-2)54(68-61)33-53(47)67-59)52-32-46(30-28-40(52)6)64-73-37-66(13,14)38-74-64/h27-34,63-64,67,69H,15-26,35-38H2,1-14H3. The Morgan fingerprint density at radius 2 is 0.851 bits per heavy atom. The number of unbranched alkanes of at least 4 members (excludes halogenated alkanes) is 4. The summed E-state index contributed by atoms with van der Waals surface area (Å²) in [6, 6.07) is 18.3. The van der Waals surface area contributed by atoms with E-state index in [2.05, 4.69) is 155 Å². The van der Waals surface area contributed by atoms with Crippen molar-refractivity contribution >= 4 is 44.4 Å². The number of rotatable bonds is 16. The first-order chi connectivity index (χ1) is 35.5. The predicted molar refractivity (Wildman–Crippen MR) is 309 cm³/mol. The van der Waals surface area contributed by atoms with Crippen molar-refractivity contribution in [2.45, 2.75) is 187 Å². The molecule has 0 amide bonds. The molecule has 0 spiro atoms. The van der Waals surface area contributed by atoms with Gasteiger partial charge in [-0.3, -0.25) is 0 Å². The summed E-state index contributed by atoms with van der Waals surface area (Å²) in [5.74, 6) is 0. The van der Waals surface area contributed by atoms with Crippen LogP contribution in [0.3, 0.4) is 0 Å². The maximum absolute atomic E-state index is 6.48. The average molecular weight is 999 g/mol. The van der Waals surface area contributed by atoms with Crippen molar-refractivity contribution in [1.29, 1.82) is 0 Å². The number of H-pyrrole nitrogens is 2. The molecule has 3 aromatic heterocycles. The number of nitrogens with zero attached hydrogens (tertiary/aromatic N) is 2. The molecule has 8 nitrogen and oxygen atoms in total. The van der Waals surface area contributed by atoms with E-state index < -0.39 is 12.6 Å². The fraction of sp³-hybridized carbons (Fsp3) is 0.515. The monoisotopic (exact) mass is 999 g/mol. The van der Waals surface area contributed by atoms with E-state index in [0.717, 1.165) is 144 Å². The van der Waals surface area contributed by atoms with E-state index in [9.17, 15) is 0 Å². The molecule has 8 heteroatoms. The fourth-order valence-electron chi connectivity index (χ4n) is 11.6. The van der Waals surface area contributed by atoms with Crippen molar-refractivity contribution in [2.24, 2.45) is 10.8 Å². The summed E-state index contributed by atoms with van der Waals surface area (Å²) in [6.45, 7) is 34.3. The first-order valence-electron chi connectivity index (χ1n) is 28.4. The number of ether oxygens (including phenoxy) is 4. The molecule has 2 saturated heterocycles. The van der Waals surface area contributed by atoms with Crippen molar-refractivity contribution < 1.29 is 18.9 Å². The molecular weight excluding hydrogens is 913 g/mol. The van der Waals surface area contributed by atoms with E-state index in [4.69, 9.17) is 28.9 Å². The van der Waals surface area contributed by atoms with E-state index >= 15 is 0 Å². The summed E-state index contributed by atoms with van der Waals surface area (Å²) < 4.78 is 25.9. The number of hydrogen-bond donors (Lipinski definition) is 2. The largest absolute Gasteiger partial charge is 0.354 e. The van der Waals surface area contributed by atoms with Gasteiger partial charge in [-0.25, -0.2) is 9.97 Å². The van der Waals surface area contributed by atoms with Crippen LogP contribution in [0.25, 0.3) is 66.6 Å². The SMILES string of the molecule is CCCCC1=C(C)c2nc1cc1[nH]c(c(C)c1CCCC)c(-c1cc(C3OCC(C)(C)CO3)ccc1C)c1[nH]c(cc3nc(c2-c2cc(C4OCC(C)(C)CO4)ccc2C)C(C)=C3CCCC)c(CCCC)c1C. The highest BCUT2D eigenvalue weighted by molar-refractivity contribution is 6.04. The van der Waals surface area contributed by atoms with Crippen LogP contribution >= 0.6 is 0 Å². The lowest BCUT2D eigenvalue weighted by molar-refractivity contribution is -0.226. The Hall–Kier alpha value is -5.12. The zero-order valence-corrected chi connectivity index (χ0v) is 47.6. The van der Waals surface area contributed by atoms with Crippen LogP contribution in [-0.4, -0.2) is 46.4 Å². The lowest BCUT2D eigenvalue weighted by Crippen LogP contribution is -2.33. The first kappa shape index (κ1) is 53.7. The third-order valence-corrected chi connectivity index (χ3v) is 16.3. The van der Waals surface area contributed by atoms with Crippen LogP contribution < -0.4 is 0 Å². The molecule has 0 aliphatic carbocycles. The van der Waals surface area contributed by atoms with Crippen molar-refractivity contribution in [3.05, 3.63) is 116 Å². The minimum Gasteiger partial charge on any atom is -0.354 e. The summed E-state index contributed by atoms with van der Waals surface area (Å²) in [7, 11) is 0. The molecule has 2 fully saturated rings. The average Bonchev–Trinajstić information content (AvgIpc) is 4.05. The summed E-state index contributed by atoms with van der Waals surface area (Å²) in [5, 5.41) is 0. The van der Waals surface area contributed by atoms with E-state index in [1.807, 2.05) is 0 Å². The number of nitrogens with one attached hydrogen (secondary N) is 2. The van der Waals surface area contributed by atoms with Gasteiger partial charge in [-0.1, -0.05) is 105 Å². The maximum Gasteiger partial charge on any atom is 0.183 e. The van der Waals surface area contributed by atoms with Gasteiger partial charge in [0.1, 0.15) is 0 Å². The second-order valence-corrected chi connectivity index (χ2v) is 23.8. The second kappa shape index (κ2) is 22.2. The van der Waals surface area contributed by atoms with Gasteiger partial charge in [-0.15, -0.1) is 0 Å². The lowest BCUT2D eigenvalue weighted by Gasteiger charge is -2.34. The molecule has 2 aromatic carbocycles. The molecule has 394 valence electrons.